The molecule has 1 atom stereocenters. The van der Waals surface area contributed by atoms with E-state index in [1.165, 1.54) is 21.7 Å². The fourth-order valence-electron chi connectivity index (χ4n) is 6.40. The monoisotopic (exact) mass is 536 g/mol. The van der Waals surface area contributed by atoms with E-state index >= 15 is 0 Å². The van der Waals surface area contributed by atoms with Gasteiger partial charge in [-0.2, -0.15) is 0 Å². The lowest BCUT2D eigenvalue weighted by molar-refractivity contribution is -0.136. The van der Waals surface area contributed by atoms with E-state index in [2.05, 4.69) is 28.4 Å². The molecule has 200 valence electrons. The number of likely N-dealkylation sites (tertiary alicyclic amines) is 1. The summed E-state index contributed by atoms with van der Waals surface area (Å²) < 4.78 is 25.5. The van der Waals surface area contributed by atoms with Gasteiger partial charge in [0.15, 0.2) is 0 Å². The second kappa shape index (κ2) is 9.50. The Kier molecular flexibility index (Phi) is 6.26. The summed E-state index contributed by atoms with van der Waals surface area (Å²) in [5.41, 5.74) is 5.97. The molecule has 1 unspecified atom stereocenters. The van der Waals surface area contributed by atoms with Crippen LogP contribution in [0.2, 0.25) is 0 Å². The first kappa shape index (κ1) is 25.1. The molecule has 10 heteroatoms. The van der Waals surface area contributed by atoms with E-state index < -0.39 is 16.1 Å². The maximum Gasteiger partial charge on any atom is 0.255 e. The molecular weight excluding hydrogens is 504 g/mol. The second-order valence-electron chi connectivity index (χ2n) is 10.9. The number of benzene rings is 2. The maximum atomic E-state index is 13.0. The number of hydrogen-bond donors (Lipinski definition) is 1. The minimum absolute atomic E-state index is 0.134. The van der Waals surface area contributed by atoms with Crippen LogP contribution in [0.15, 0.2) is 36.4 Å². The van der Waals surface area contributed by atoms with Gasteiger partial charge in [0.25, 0.3) is 5.91 Å². The Morgan fingerprint density at radius 3 is 2.45 bits per heavy atom. The number of carbonyl (C=O) groups excluding carboxylic acids is 3. The molecule has 0 aliphatic carbocycles. The van der Waals surface area contributed by atoms with Gasteiger partial charge < -0.3 is 4.90 Å². The molecule has 0 radical (unpaired) electrons. The van der Waals surface area contributed by atoms with Crippen molar-refractivity contribution >= 4 is 33.4 Å². The van der Waals surface area contributed by atoms with Gasteiger partial charge in [0.2, 0.25) is 21.8 Å². The predicted molar refractivity (Wildman–Crippen MR) is 142 cm³/mol. The summed E-state index contributed by atoms with van der Waals surface area (Å²) in [6.45, 7) is 3.70. The van der Waals surface area contributed by atoms with Crippen molar-refractivity contribution in [1.82, 2.24) is 15.1 Å². The molecular formula is C28H32N4O5S. The van der Waals surface area contributed by atoms with E-state index in [4.69, 9.17) is 0 Å². The zero-order valence-electron chi connectivity index (χ0n) is 21.5. The molecule has 3 amide bonds. The number of hydrogen-bond acceptors (Lipinski definition) is 6. The second-order valence-corrected chi connectivity index (χ2v) is 12.8. The number of sulfonamides is 1. The lowest BCUT2D eigenvalue weighted by Crippen LogP contribution is -2.52. The van der Waals surface area contributed by atoms with Crippen molar-refractivity contribution in [3.63, 3.8) is 0 Å². The molecule has 38 heavy (non-hydrogen) atoms. The molecule has 6 rings (SSSR count). The quantitative estimate of drug-likeness (QED) is 0.587. The van der Waals surface area contributed by atoms with Gasteiger partial charge in [0, 0.05) is 31.6 Å². The predicted octanol–water partition coefficient (Wildman–Crippen LogP) is 2.15. The number of imide groups is 1. The van der Waals surface area contributed by atoms with Crippen LogP contribution in [-0.4, -0.2) is 67.9 Å². The largest absolute Gasteiger partial charge is 0.322 e. The van der Waals surface area contributed by atoms with Gasteiger partial charge in [-0.3, -0.25) is 28.9 Å². The van der Waals surface area contributed by atoms with Crippen molar-refractivity contribution < 1.29 is 22.8 Å². The molecule has 9 nitrogen and oxygen atoms in total. The minimum Gasteiger partial charge on any atom is -0.322 e. The topological polar surface area (TPSA) is 107 Å². The fourth-order valence-corrected chi connectivity index (χ4v) is 7.36. The van der Waals surface area contributed by atoms with E-state index in [0.717, 1.165) is 55.7 Å². The molecule has 4 heterocycles. The van der Waals surface area contributed by atoms with Gasteiger partial charge in [0.05, 0.1) is 11.9 Å². The Balaban J connectivity index is 1.07. The third-order valence-electron chi connectivity index (χ3n) is 8.41. The van der Waals surface area contributed by atoms with Crippen molar-refractivity contribution in [3.05, 3.63) is 64.2 Å². The van der Waals surface area contributed by atoms with Crippen LogP contribution < -0.4 is 9.62 Å². The average molecular weight is 537 g/mol. The van der Waals surface area contributed by atoms with Crippen molar-refractivity contribution in [2.75, 3.05) is 30.2 Å². The molecule has 2 aromatic carbocycles. The van der Waals surface area contributed by atoms with Gasteiger partial charge in [-0.05, 0) is 79.1 Å². The molecule has 4 aliphatic heterocycles. The number of amides is 3. The summed E-state index contributed by atoms with van der Waals surface area (Å²) >= 11 is 0. The van der Waals surface area contributed by atoms with Crippen LogP contribution in [-0.2, 0) is 39.1 Å². The number of carbonyl (C=O) groups is 3. The van der Waals surface area contributed by atoms with Gasteiger partial charge in [0.1, 0.15) is 6.04 Å². The number of fused-ring (bicyclic) bond motifs is 2. The molecule has 0 spiro atoms. The number of rotatable bonds is 5. The minimum atomic E-state index is -3.24. The number of nitrogens with one attached hydrogen (secondary N) is 1. The van der Waals surface area contributed by atoms with Crippen molar-refractivity contribution in [2.24, 2.45) is 0 Å². The van der Waals surface area contributed by atoms with E-state index in [9.17, 15) is 22.8 Å². The van der Waals surface area contributed by atoms with E-state index in [-0.39, 0.29) is 24.1 Å². The van der Waals surface area contributed by atoms with E-state index in [0.29, 0.717) is 31.0 Å². The van der Waals surface area contributed by atoms with Crippen molar-refractivity contribution in [1.29, 1.82) is 0 Å². The first-order chi connectivity index (χ1) is 18.2. The SMILES string of the molecule is CS(=O)(=O)N1CCc2cc(CN3CCC(c4ccc5c(c4)CN(C4CCC(=O)NC4=O)C5=O)CC3)ccc21. The molecule has 0 saturated carbocycles. The Hall–Kier alpha value is -3.24. The summed E-state index contributed by atoms with van der Waals surface area (Å²) in [6, 6.07) is 11.6. The normalized spacial score (nSPS) is 22.6. The molecule has 0 bridgehead atoms. The van der Waals surface area contributed by atoms with Crippen molar-refractivity contribution in [3.8, 4) is 0 Å². The Labute approximate surface area is 222 Å². The molecule has 2 fully saturated rings. The summed E-state index contributed by atoms with van der Waals surface area (Å²) in [6.07, 6.45) is 4.68. The number of nitrogens with zero attached hydrogens (tertiary/aromatic N) is 3. The van der Waals surface area contributed by atoms with Crippen LogP contribution in [0.5, 0.6) is 0 Å². The molecule has 0 aromatic heterocycles. The highest BCUT2D eigenvalue weighted by atomic mass is 32.2. The molecule has 4 aliphatic rings. The number of piperidine rings is 2. The summed E-state index contributed by atoms with van der Waals surface area (Å²) in [7, 11) is -3.24. The highest BCUT2D eigenvalue weighted by molar-refractivity contribution is 7.92. The number of anilines is 1. The van der Waals surface area contributed by atoms with Crippen LogP contribution in [0.25, 0.3) is 0 Å². The standard InChI is InChI=1S/C28H32N4O5S/c1-38(36,37)32-13-10-21-14-18(2-5-24(21)32)16-30-11-8-19(9-12-30)20-3-4-23-22(15-20)17-31(28(23)35)25-6-7-26(33)29-27(25)34/h2-5,14-15,19,25H,6-13,16-17H2,1H3,(H,29,33,34). The zero-order valence-corrected chi connectivity index (χ0v) is 22.3. The third-order valence-corrected chi connectivity index (χ3v) is 9.59. The van der Waals surface area contributed by atoms with Gasteiger partial charge in [-0.15, -0.1) is 0 Å². The van der Waals surface area contributed by atoms with Gasteiger partial charge >= 0.3 is 0 Å². The summed E-state index contributed by atoms with van der Waals surface area (Å²) in [5.74, 6) is -0.380. The Morgan fingerprint density at radius 1 is 0.921 bits per heavy atom. The first-order valence-corrected chi connectivity index (χ1v) is 15.1. The lowest BCUT2D eigenvalue weighted by atomic mass is 9.87. The lowest BCUT2D eigenvalue weighted by Gasteiger charge is -2.32. The summed E-state index contributed by atoms with van der Waals surface area (Å²) in [5, 5.41) is 2.36. The van der Waals surface area contributed by atoms with Crippen molar-refractivity contribution in [2.45, 2.75) is 57.2 Å². The average Bonchev–Trinajstić information content (AvgIpc) is 3.45. The maximum absolute atomic E-state index is 13.0. The van der Waals surface area contributed by atoms with Crippen LogP contribution in [0.1, 0.15) is 64.2 Å². The molecule has 1 N–H and O–H groups in total. The first-order valence-electron chi connectivity index (χ1n) is 13.3. The Bertz CT molecular complexity index is 1430. The van der Waals surface area contributed by atoms with Crippen LogP contribution in [0.3, 0.4) is 0 Å². The molecule has 2 saturated heterocycles. The molecule has 2 aromatic rings. The van der Waals surface area contributed by atoms with Crippen LogP contribution in [0.4, 0.5) is 5.69 Å². The Morgan fingerprint density at radius 2 is 1.71 bits per heavy atom. The van der Waals surface area contributed by atoms with Crippen LogP contribution >= 0.6 is 0 Å². The van der Waals surface area contributed by atoms with E-state index in [1.54, 1.807) is 4.90 Å². The highest BCUT2D eigenvalue weighted by Gasteiger charge is 2.39. The van der Waals surface area contributed by atoms with Crippen LogP contribution in [0, 0.1) is 0 Å². The zero-order chi connectivity index (χ0) is 26.6. The van der Waals surface area contributed by atoms with Gasteiger partial charge in [-0.1, -0.05) is 24.3 Å². The smallest absolute Gasteiger partial charge is 0.255 e. The highest BCUT2D eigenvalue weighted by Crippen LogP contribution is 2.35. The summed E-state index contributed by atoms with van der Waals surface area (Å²) in [4.78, 5) is 40.9. The third kappa shape index (κ3) is 4.60. The van der Waals surface area contributed by atoms with Gasteiger partial charge in [-0.25, -0.2) is 8.42 Å². The van der Waals surface area contributed by atoms with E-state index in [1.807, 2.05) is 18.2 Å². The fraction of sp³-hybridized carbons (Fsp3) is 0.464.